The number of rotatable bonds is 5. The molecule has 4 heterocycles. The topological polar surface area (TPSA) is 112 Å². The van der Waals surface area contributed by atoms with Crippen LogP contribution in [-0.2, 0) is 6.54 Å². The summed E-state index contributed by atoms with van der Waals surface area (Å²) in [4.78, 5) is 10.3. The Balaban J connectivity index is 1.18. The lowest BCUT2D eigenvalue weighted by molar-refractivity contribution is 0.135. The molecule has 1 aliphatic rings. The summed E-state index contributed by atoms with van der Waals surface area (Å²) in [5.74, 6) is 2.23. The van der Waals surface area contributed by atoms with Crippen LogP contribution in [-0.4, -0.2) is 53.7 Å². The molecule has 0 aliphatic carbocycles. The molecule has 1 fully saturated rings. The Morgan fingerprint density at radius 2 is 1.91 bits per heavy atom. The summed E-state index contributed by atoms with van der Waals surface area (Å²) in [7, 11) is 0. The highest BCUT2D eigenvalue weighted by molar-refractivity contribution is 5.97. The van der Waals surface area contributed by atoms with Gasteiger partial charge in [0.1, 0.15) is 0 Å². The summed E-state index contributed by atoms with van der Waals surface area (Å²) < 4.78 is 5.65. The predicted octanol–water partition coefficient (Wildman–Crippen LogP) is 4.15. The highest BCUT2D eigenvalue weighted by Crippen LogP contribution is 2.33. The maximum atomic E-state index is 5.65. The van der Waals surface area contributed by atoms with Crippen molar-refractivity contribution in [2.75, 3.05) is 13.1 Å². The van der Waals surface area contributed by atoms with Gasteiger partial charge in [-0.2, -0.15) is 10.2 Å². The third-order valence-electron chi connectivity index (χ3n) is 6.56. The highest BCUT2D eigenvalue weighted by atomic mass is 16.5. The molecule has 0 spiro atoms. The van der Waals surface area contributed by atoms with E-state index in [9.17, 15) is 0 Å². The van der Waals surface area contributed by atoms with Crippen LogP contribution in [0.5, 0.6) is 0 Å². The number of nitrogens with one attached hydrogen (secondary N) is 2. The Morgan fingerprint density at radius 1 is 1.00 bits per heavy atom. The average molecular weight is 448 g/mol. The van der Waals surface area contributed by atoms with E-state index < -0.39 is 0 Å². The number of aromatic amines is 2. The van der Waals surface area contributed by atoms with Gasteiger partial charge in [0.05, 0.1) is 0 Å². The van der Waals surface area contributed by atoms with Gasteiger partial charge in [0.2, 0.25) is 5.82 Å². The molecule has 9 nitrogen and oxygen atoms in total. The fourth-order valence-corrected chi connectivity index (χ4v) is 4.77. The van der Waals surface area contributed by atoms with Crippen LogP contribution in [0.25, 0.3) is 44.5 Å². The molecule has 166 valence electrons. The summed E-state index contributed by atoms with van der Waals surface area (Å²) in [6.45, 7) is 2.72. The van der Waals surface area contributed by atoms with E-state index >= 15 is 0 Å². The lowest BCUT2D eigenvalue weighted by atomic mass is 9.95. The standard InChI is InChI=1S/C25H20N8O/c1-2-4-20-19(3-1)17(12-33-13-18(14-33)23-28-31-32-29-23)7-8-21(20)24-27-25(34-30-24)16-6-5-15-9-10-26-22(15)11-16/h1-11,18,26H,12-14H2,(H,28,29,31,32). The number of hydrogen-bond acceptors (Lipinski definition) is 7. The van der Waals surface area contributed by atoms with Crippen molar-refractivity contribution in [3.8, 4) is 22.8 Å². The molecular weight excluding hydrogens is 428 g/mol. The molecule has 0 unspecified atom stereocenters. The quantitative estimate of drug-likeness (QED) is 0.407. The van der Waals surface area contributed by atoms with E-state index in [1.165, 1.54) is 10.9 Å². The molecule has 0 saturated carbocycles. The van der Waals surface area contributed by atoms with Crippen molar-refractivity contribution >= 4 is 21.7 Å². The normalized spacial score (nSPS) is 14.7. The van der Waals surface area contributed by atoms with Crippen molar-refractivity contribution in [1.29, 1.82) is 0 Å². The molecule has 34 heavy (non-hydrogen) atoms. The van der Waals surface area contributed by atoms with Gasteiger partial charge in [-0.3, -0.25) is 4.90 Å². The molecule has 1 saturated heterocycles. The Kier molecular flexibility index (Phi) is 4.28. The molecule has 0 radical (unpaired) electrons. The van der Waals surface area contributed by atoms with Gasteiger partial charge in [-0.15, -0.1) is 10.2 Å². The largest absolute Gasteiger partial charge is 0.361 e. The van der Waals surface area contributed by atoms with E-state index in [2.05, 4.69) is 66.0 Å². The van der Waals surface area contributed by atoms with Gasteiger partial charge < -0.3 is 9.51 Å². The van der Waals surface area contributed by atoms with E-state index in [1.54, 1.807) is 0 Å². The zero-order valence-electron chi connectivity index (χ0n) is 18.1. The molecular formula is C25H20N8O. The van der Waals surface area contributed by atoms with Gasteiger partial charge in [0, 0.05) is 48.4 Å². The minimum absolute atomic E-state index is 0.340. The first kappa shape index (κ1) is 19.1. The van der Waals surface area contributed by atoms with Crippen LogP contribution in [0.15, 0.2) is 71.4 Å². The third-order valence-corrected chi connectivity index (χ3v) is 6.56. The molecule has 9 heteroatoms. The Hall–Kier alpha value is -4.37. The Morgan fingerprint density at radius 3 is 2.79 bits per heavy atom. The minimum atomic E-state index is 0.340. The van der Waals surface area contributed by atoms with Crippen molar-refractivity contribution < 1.29 is 4.52 Å². The lowest BCUT2D eigenvalue weighted by Crippen LogP contribution is -2.44. The van der Waals surface area contributed by atoms with Crippen molar-refractivity contribution in [2.24, 2.45) is 0 Å². The number of likely N-dealkylation sites (tertiary alicyclic amines) is 1. The van der Waals surface area contributed by atoms with Crippen LogP contribution in [0.1, 0.15) is 17.3 Å². The number of benzene rings is 3. The Labute approximate surface area is 193 Å². The fourth-order valence-electron chi connectivity index (χ4n) is 4.77. The molecule has 0 atom stereocenters. The molecule has 1 aliphatic heterocycles. The van der Waals surface area contributed by atoms with E-state index in [-0.39, 0.29) is 0 Å². The second kappa shape index (κ2) is 7.60. The average Bonchev–Trinajstić information content (AvgIpc) is 3.62. The van der Waals surface area contributed by atoms with Crippen molar-refractivity contribution in [2.45, 2.75) is 12.5 Å². The SMILES string of the molecule is c1ccc2c(-c3noc(-c4ccc5cc[nH]c5c4)n3)ccc(CN3CC(c4nn[nH]n4)C3)c2c1. The lowest BCUT2D eigenvalue weighted by Gasteiger charge is -2.37. The van der Waals surface area contributed by atoms with Crippen LogP contribution in [0, 0.1) is 0 Å². The first-order valence-corrected chi connectivity index (χ1v) is 11.2. The number of H-pyrrole nitrogens is 2. The fraction of sp³-hybridized carbons (Fsp3) is 0.160. The van der Waals surface area contributed by atoms with Gasteiger partial charge >= 0.3 is 0 Å². The van der Waals surface area contributed by atoms with Crippen molar-refractivity contribution in [3.63, 3.8) is 0 Å². The van der Waals surface area contributed by atoms with Gasteiger partial charge in [-0.1, -0.05) is 52.8 Å². The van der Waals surface area contributed by atoms with Crippen molar-refractivity contribution in [1.82, 2.24) is 40.6 Å². The van der Waals surface area contributed by atoms with E-state index in [4.69, 9.17) is 9.51 Å². The monoisotopic (exact) mass is 448 g/mol. The van der Waals surface area contributed by atoms with E-state index in [1.807, 2.05) is 36.5 Å². The van der Waals surface area contributed by atoms with Gasteiger partial charge in [-0.05, 0) is 39.9 Å². The number of hydrogen-bond donors (Lipinski definition) is 2. The van der Waals surface area contributed by atoms with Crippen LogP contribution < -0.4 is 0 Å². The highest BCUT2D eigenvalue weighted by Gasteiger charge is 2.31. The number of fused-ring (bicyclic) bond motifs is 2. The zero-order valence-corrected chi connectivity index (χ0v) is 18.1. The van der Waals surface area contributed by atoms with Gasteiger partial charge in [0.25, 0.3) is 5.89 Å². The maximum Gasteiger partial charge on any atom is 0.258 e. The Bertz CT molecular complexity index is 1610. The van der Waals surface area contributed by atoms with Crippen LogP contribution in [0.3, 0.4) is 0 Å². The predicted molar refractivity (Wildman–Crippen MR) is 127 cm³/mol. The summed E-state index contributed by atoms with van der Waals surface area (Å²) in [6, 6.07) is 20.8. The molecule has 3 aromatic carbocycles. The summed E-state index contributed by atoms with van der Waals surface area (Å²) >= 11 is 0. The number of tetrazole rings is 1. The number of nitrogens with zero attached hydrogens (tertiary/aromatic N) is 6. The van der Waals surface area contributed by atoms with Crippen molar-refractivity contribution in [3.05, 3.63) is 78.2 Å². The number of aromatic nitrogens is 7. The second-order valence-electron chi connectivity index (χ2n) is 8.68. The second-order valence-corrected chi connectivity index (χ2v) is 8.68. The molecule has 2 N–H and O–H groups in total. The molecule has 0 amide bonds. The molecule has 3 aromatic heterocycles. The smallest absolute Gasteiger partial charge is 0.258 e. The molecule has 6 aromatic rings. The van der Waals surface area contributed by atoms with Gasteiger partial charge in [-0.25, -0.2) is 0 Å². The van der Waals surface area contributed by atoms with Crippen LogP contribution in [0.4, 0.5) is 0 Å². The maximum absolute atomic E-state index is 5.65. The summed E-state index contributed by atoms with van der Waals surface area (Å²) in [5.41, 5.74) is 4.17. The summed E-state index contributed by atoms with van der Waals surface area (Å²) in [5, 5.41) is 22.2. The first-order valence-electron chi connectivity index (χ1n) is 11.2. The van der Waals surface area contributed by atoms with Gasteiger partial charge in [0.15, 0.2) is 5.82 Å². The summed E-state index contributed by atoms with van der Waals surface area (Å²) in [6.07, 6.45) is 1.92. The third kappa shape index (κ3) is 3.17. The zero-order chi connectivity index (χ0) is 22.5. The van der Waals surface area contributed by atoms with E-state index in [0.29, 0.717) is 17.6 Å². The minimum Gasteiger partial charge on any atom is -0.361 e. The van der Waals surface area contributed by atoms with Crippen LogP contribution in [0.2, 0.25) is 0 Å². The van der Waals surface area contributed by atoms with E-state index in [0.717, 1.165) is 52.9 Å². The molecule has 7 rings (SSSR count). The van der Waals surface area contributed by atoms with Crippen LogP contribution >= 0.6 is 0 Å². The first-order chi connectivity index (χ1) is 16.8. The molecule has 0 bridgehead atoms.